The van der Waals surface area contributed by atoms with E-state index < -0.39 is 11.4 Å². The van der Waals surface area contributed by atoms with E-state index in [0.29, 0.717) is 32.2 Å². The minimum atomic E-state index is -0.906. The van der Waals surface area contributed by atoms with Crippen molar-refractivity contribution < 1.29 is 24.1 Å². The number of benzene rings is 1. The second-order valence-electron chi connectivity index (χ2n) is 12.2. The quantitative estimate of drug-likeness (QED) is 0.376. The molecule has 2 fully saturated rings. The number of rotatable bonds is 9. The summed E-state index contributed by atoms with van der Waals surface area (Å²) < 4.78 is 17.5. The lowest BCUT2D eigenvalue weighted by molar-refractivity contribution is -0.148. The van der Waals surface area contributed by atoms with E-state index in [1.165, 1.54) is 11.3 Å². The molecule has 1 aromatic carbocycles. The number of anilines is 1. The van der Waals surface area contributed by atoms with Crippen LogP contribution in [0.1, 0.15) is 48.7 Å². The zero-order chi connectivity index (χ0) is 30.0. The van der Waals surface area contributed by atoms with Crippen molar-refractivity contribution in [3.8, 4) is 17.0 Å². The average molecular weight is 587 g/mol. The van der Waals surface area contributed by atoms with Gasteiger partial charge in [0.15, 0.2) is 0 Å². The summed E-state index contributed by atoms with van der Waals surface area (Å²) in [6, 6.07) is 16.6. The van der Waals surface area contributed by atoms with Crippen molar-refractivity contribution >= 4 is 11.8 Å². The number of carbonyl (C=O) groups is 1. The summed E-state index contributed by atoms with van der Waals surface area (Å²) in [5, 5.41) is 9.99. The van der Waals surface area contributed by atoms with Gasteiger partial charge in [-0.15, -0.1) is 0 Å². The van der Waals surface area contributed by atoms with Gasteiger partial charge >= 0.3 is 5.97 Å². The topological polar surface area (TPSA) is 97.3 Å². The highest BCUT2D eigenvalue weighted by Crippen LogP contribution is 2.40. The number of ether oxygens (including phenoxy) is 3. The molecule has 0 unspecified atom stereocenters. The summed E-state index contributed by atoms with van der Waals surface area (Å²) in [4.78, 5) is 26.8. The molecule has 6 rings (SSSR count). The number of hydrogen-bond acceptors (Lipinski definition) is 8. The van der Waals surface area contributed by atoms with Crippen LogP contribution in [-0.4, -0.2) is 78.0 Å². The van der Waals surface area contributed by atoms with Gasteiger partial charge < -0.3 is 24.2 Å². The molecule has 2 aromatic heterocycles. The lowest BCUT2D eigenvalue weighted by Gasteiger charge is -2.37. The van der Waals surface area contributed by atoms with E-state index in [2.05, 4.69) is 21.9 Å². The monoisotopic (exact) mass is 586 g/mol. The summed E-state index contributed by atoms with van der Waals surface area (Å²) in [5.41, 5.74) is 5.20. The number of aryl methyl sites for hydroxylation is 1. The highest BCUT2D eigenvalue weighted by molar-refractivity contribution is 5.77. The molecule has 3 aliphatic rings. The van der Waals surface area contributed by atoms with Crippen molar-refractivity contribution in [2.45, 2.75) is 64.8 Å². The van der Waals surface area contributed by atoms with Gasteiger partial charge in [0, 0.05) is 63.7 Å². The molecule has 0 spiro atoms. The second kappa shape index (κ2) is 12.6. The molecule has 0 amide bonds. The summed E-state index contributed by atoms with van der Waals surface area (Å²) >= 11 is 0. The minimum Gasteiger partial charge on any atom is -0.486 e. The summed E-state index contributed by atoms with van der Waals surface area (Å²) in [7, 11) is 1.61. The molecule has 0 saturated carbocycles. The molecule has 9 heteroatoms. The van der Waals surface area contributed by atoms with Crippen molar-refractivity contribution in [3.05, 3.63) is 71.0 Å². The number of pyridine rings is 2. The van der Waals surface area contributed by atoms with Crippen LogP contribution in [0.25, 0.3) is 11.3 Å². The molecule has 0 radical (unpaired) electrons. The van der Waals surface area contributed by atoms with Crippen molar-refractivity contribution in [1.82, 2.24) is 14.9 Å². The fourth-order valence-corrected chi connectivity index (χ4v) is 6.83. The molecule has 2 saturated heterocycles. The number of aromatic nitrogens is 2. The lowest BCUT2D eigenvalue weighted by atomic mass is 9.83. The van der Waals surface area contributed by atoms with Crippen LogP contribution in [0.3, 0.4) is 0 Å². The Labute approximate surface area is 253 Å². The third-order valence-electron chi connectivity index (χ3n) is 9.52. The van der Waals surface area contributed by atoms with Gasteiger partial charge in [-0.25, -0.2) is 4.98 Å². The van der Waals surface area contributed by atoms with Crippen LogP contribution >= 0.6 is 0 Å². The predicted molar refractivity (Wildman–Crippen MR) is 164 cm³/mol. The van der Waals surface area contributed by atoms with Crippen LogP contribution in [0.15, 0.2) is 48.5 Å². The van der Waals surface area contributed by atoms with E-state index in [1.807, 2.05) is 43.3 Å². The molecular formula is C34H42N4O5. The number of para-hydroxylation sites is 1. The molecular weight excluding hydrogens is 544 g/mol. The van der Waals surface area contributed by atoms with E-state index in [0.717, 1.165) is 79.6 Å². The molecule has 5 heterocycles. The van der Waals surface area contributed by atoms with Crippen LogP contribution in [0.4, 0.5) is 5.82 Å². The maximum Gasteiger partial charge on any atom is 0.311 e. The van der Waals surface area contributed by atoms with Crippen LogP contribution in [0.5, 0.6) is 5.75 Å². The zero-order valence-electron chi connectivity index (χ0n) is 25.4. The normalized spacial score (nSPS) is 22.9. The van der Waals surface area contributed by atoms with Crippen LogP contribution in [0, 0.1) is 12.3 Å². The molecule has 0 bridgehead atoms. The van der Waals surface area contributed by atoms with Gasteiger partial charge in [-0.2, -0.15) is 0 Å². The smallest absolute Gasteiger partial charge is 0.311 e. The van der Waals surface area contributed by atoms with Crippen LogP contribution < -0.4 is 9.64 Å². The molecule has 3 aliphatic heterocycles. The maximum atomic E-state index is 12.2. The Balaban J connectivity index is 1.19. The molecule has 9 nitrogen and oxygen atoms in total. The zero-order valence-corrected chi connectivity index (χ0v) is 25.4. The Morgan fingerprint density at radius 3 is 2.70 bits per heavy atom. The second-order valence-corrected chi connectivity index (χ2v) is 12.2. The summed E-state index contributed by atoms with van der Waals surface area (Å²) in [5.74, 6) is 0.709. The van der Waals surface area contributed by atoms with Gasteiger partial charge in [-0.3, -0.25) is 14.7 Å². The van der Waals surface area contributed by atoms with Gasteiger partial charge in [0.05, 0.1) is 29.5 Å². The van der Waals surface area contributed by atoms with Crippen molar-refractivity contribution in [2.24, 2.45) is 5.41 Å². The molecule has 228 valence electrons. The van der Waals surface area contributed by atoms with Crippen LogP contribution in [0.2, 0.25) is 0 Å². The summed E-state index contributed by atoms with van der Waals surface area (Å²) in [6.45, 7) is 8.83. The maximum absolute atomic E-state index is 12.2. The van der Waals surface area contributed by atoms with Gasteiger partial charge in [0.25, 0.3) is 0 Å². The van der Waals surface area contributed by atoms with Crippen molar-refractivity contribution in [2.75, 3.05) is 44.9 Å². The summed E-state index contributed by atoms with van der Waals surface area (Å²) in [6.07, 6.45) is 3.70. The highest BCUT2D eigenvalue weighted by atomic mass is 16.5. The number of carboxylic acid groups (broad SMARTS) is 1. The number of aliphatic carboxylic acids is 1. The van der Waals surface area contributed by atoms with Gasteiger partial charge in [-0.05, 0) is 68.5 Å². The fourth-order valence-electron chi connectivity index (χ4n) is 6.83. The largest absolute Gasteiger partial charge is 0.486 e. The number of nitrogens with zero attached hydrogens (tertiary/aromatic N) is 4. The van der Waals surface area contributed by atoms with Gasteiger partial charge in [0.1, 0.15) is 18.2 Å². The Bertz CT molecular complexity index is 1460. The third-order valence-corrected chi connectivity index (χ3v) is 9.52. The number of carboxylic acids is 1. The molecule has 1 N–H and O–H groups in total. The van der Waals surface area contributed by atoms with E-state index in [4.69, 9.17) is 24.2 Å². The standard InChI is InChI=1S/C34H42N4O5/c1-23-6-4-7-27(29-8-5-9-31(36-29)38-17-15-34(2,33(39)40)30(38)22-41-3)32(23)43-21-25-11-10-24-20-37(16-12-28(24)35-25)26-13-18-42-19-14-26/h4-11,26,30H,12-22H2,1-3H3,(H,39,40)/t30-,34-/m1/s1. The van der Waals surface area contributed by atoms with Gasteiger partial charge in [-0.1, -0.05) is 24.3 Å². The Morgan fingerprint density at radius 2 is 1.91 bits per heavy atom. The highest BCUT2D eigenvalue weighted by Gasteiger charge is 2.50. The first-order valence-electron chi connectivity index (χ1n) is 15.4. The third kappa shape index (κ3) is 5.98. The number of methoxy groups -OCH3 is 1. The lowest BCUT2D eigenvalue weighted by Crippen LogP contribution is -2.46. The SMILES string of the molecule is COC[C@H]1N(c2cccc(-c3cccc(C)c3OCc3ccc4c(n3)CCN(C3CCOCC3)C4)n2)CC[C@@]1(C)C(=O)O. The Morgan fingerprint density at radius 1 is 1.09 bits per heavy atom. The van der Waals surface area contributed by atoms with E-state index in [-0.39, 0.29) is 6.04 Å². The number of hydrogen-bond donors (Lipinski definition) is 1. The first kappa shape index (κ1) is 29.5. The Hall–Kier alpha value is -3.53. The minimum absolute atomic E-state index is 0.314. The van der Waals surface area contributed by atoms with Crippen molar-refractivity contribution in [3.63, 3.8) is 0 Å². The predicted octanol–water partition coefficient (Wildman–Crippen LogP) is 4.88. The molecule has 43 heavy (non-hydrogen) atoms. The first-order valence-corrected chi connectivity index (χ1v) is 15.4. The van der Waals surface area contributed by atoms with E-state index >= 15 is 0 Å². The van der Waals surface area contributed by atoms with E-state index in [9.17, 15) is 9.90 Å². The molecule has 2 atom stereocenters. The van der Waals surface area contributed by atoms with Gasteiger partial charge in [0.2, 0.25) is 0 Å². The average Bonchev–Trinajstić information content (AvgIpc) is 3.37. The van der Waals surface area contributed by atoms with Crippen LogP contribution in [-0.2, 0) is 33.8 Å². The molecule has 3 aromatic rings. The fraction of sp³-hybridized carbons (Fsp3) is 0.500. The molecule has 0 aliphatic carbocycles. The number of fused-ring (bicyclic) bond motifs is 1. The first-order chi connectivity index (χ1) is 20.9. The van der Waals surface area contributed by atoms with Crippen molar-refractivity contribution in [1.29, 1.82) is 0 Å². The van der Waals surface area contributed by atoms with E-state index in [1.54, 1.807) is 14.0 Å². The Kier molecular flexibility index (Phi) is 8.66.